The minimum absolute atomic E-state index is 0.105. The fraction of sp³-hybridized carbons (Fsp3) is 0.250. The maximum absolute atomic E-state index is 12.6. The summed E-state index contributed by atoms with van der Waals surface area (Å²) in [6.07, 6.45) is -4.44. The lowest BCUT2D eigenvalue weighted by atomic mass is 10.0. The van der Waals surface area contributed by atoms with E-state index >= 15 is 0 Å². The lowest BCUT2D eigenvalue weighted by molar-refractivity contribution is -0.166. The summed E-state index contributed by atoms with van der Waals surface area (Å²) in [4.78, 5) is 0. The Morgan fingerprint density at radius 2 is 1.71 bits per heavy atom. The van der Waals surface area contributed by atoms with E-state index in [0.29, 0.717) is 3.57 Å². The Labute approximate surface area is 91.4 Å². The zero-order chi connectivity index (χ0) is 10.4. The first-order valence-corrected chi connectivity index (χ1v) is 4.81. The van der Waals surface area contributed by atoms with Gasteiger partial charge in [-0.3, -0.25) is 0 Å². The summed E-state index contributed by atoms with van der Waals surface area (Å²) in [7, 11) is 0. The first-order valence-electron chi connectivity index (χ1n) is 3.73. The minimum atomic E-state index is -4.44. The molecule has 0 saturated heterocycles. The summed E-state index contributed by atoms with van der Waals surface area (Å²) in [6.45, 7) is 0. The van der Waals surface area contributed by atoms with Gasteiger partial charge >= 0.3 is 11.8 Å². The normalized spacial score (nSPS) is 18.3. The summed E-state index contributed by atoms with van der Waals surface area (Å²) in [5.41, 5.74) is -2.18. The lowest BCUT2D eigenvalue weighted by Crippen LogP contribution is -2.30. The number of hydrogen-bond donors (Lipinski definition) is 0. The Morgan fingerprint density at radius 1 is 1.14 bits per heavy atom. The molecule has 0 atom stereocenters. The highest BCUT2D eigenvalue weighted by Crippen LogP contribution is 2.53. The van der Waals surface area contributed by atoms with E-state index in [0.717, 1.165) is 0 Å². The standard InChI is InChI=1S/C8H4F3IN2/c9-8(10,11)7(13-14-7)5-3-1-2-4-6(5)12/h1-4H. The molecule has 1 aromatic carbocycles. The van der Waals surface area contributed by atoms with Gasteiger partial charge in [0.1, 0.15) is 0 Å². The van der Waals surface area contributed by atoms with Gasteiger partial charge in [0.15, 0.2) is 0 Å². The number of rotatable bonds is 1. The van der Waals surface area contributed by atoms with Crippen molar-refractivity contribution in [3.63, 3.8) is 0 Å². The smallest absolute Gasteiger partial charge is 0.166 e. The van der Waals surface area contributed by atoms with E-state index in [9.17, 15) is 13.2 Å². The molecule has 0 fully saturated rings. The number of nitrogens with zero attached hydrogens (tertiary/aromatic N) is 2. The molecule has 14 heavy (non-hydrogen) atoms. The fourth-order valence-corrected chi connectivity index (χ4v) is 1.93. The van der Waals surface area contributed by atoms with E-state index in [2.05, 4.69) is 10.2 Å². The number of hydrogen-bond acceptors (Lipinski definition) is 2. The van der Waals surface area contributed by atoms with Gasteiger partial charge in [-0.2, -0.15) is 13.2 Å². The van der Waals surface area contributed by atoms with E-state index in [-0.39, 0.29) is 5.56 Å². The van der Waals surface area contributed by atoms with Gasteiger partial charge < -0.3 is 0 Å². The third kappa shape index (κ3) is 1.32. The van der Waals surface area contributed by atoms with Gasteiger partial charge in [-0.25, -0.2) is 0 Å². The highest BCUT2D eigenvalue weighted by Gasteiger charge is 2.65. The third-order valence-electron chi connectivity index (χ3n) is 1.94. The van der Waals surface area contributed by atoms with Gasteiger partial charge in [-0.05, 0) is 28.7 Å². The van der Waals surface area contributed by atoms with Crippen LogP contribution in [0.3, 0.4) is 0 Å². The summed E-state index contributed by atoms with van der Waals surface area (Å²) in [6, 6.07) is 6.23. The Balaban J connectivity index is 2.46. The van der Waals surface area contributed by atoms with Crippen LogP contribution in [0.1, 0.15) is 5.56 Å². The van der Waals surface area contributed by atoms with E-state index in [1.165, 1.54) is 6.07 Å². The fourth-order valence-electron chi connectivity index (χ4n) is 1.17. The van der Waals surface area contributed by atoms with Gasteiger partial charge in [-0.15, -0.1) is 10.2 Å². The molecular formula is C8H4F3IN2. The van der Waals surface area contributed by atoms with Crippen LogP contribution in [0.5, 0.6) is 0 Å². The van der Waals surface area contributed by atoms with Crippen molar-refractivity contribution in [1.29, 1.82) is 0 Å². The molecule has 1 aromatic rings. The maximum Gasteiger partial charge on any atom is 0.442 e. The molecule has 0 bridgehead atoms. The summed E-state index contributed by atoms with van der Waals surface area (Å²) >= 11 is 1.85. The van der Waals surface area contributed by atoms with Crippen molar-refractivity contribution >= 4 is 22.6 Å². The molecule has 0 saturated carbocycles. The molecule has 0 spiro atoms. The van der Waals surface area contributed by atoms with Crippen LogP contribution in [-0.4, -0.2) is 6.18 Å². The van der Waals surface area contributed by atoms with Crippen molar-refractivity contribution < 1.29 is 13.2 Å². The summed E-state index contributed by atoms with van der Waals surface area (Å²) in [5.74, 6) is 0. The summed E-state index contributed by atoms with van der Waals surface area (Å²) in [5, 5.41) is 6.26. The third-order valence-corrected chi connectivity index (χ3v) is 2.89. The lowest BCUT2D eigenvalue weighted by Gasteiger charge is -2.15. The van der Waals surface area contributed by atoms with E-state index in [4.69, 9.17) is 0 Å². The van der Waals surface area contributed by atoms with Crippen molar-refractivity contribution in [2.75, 3.05) is 0 Å². The largest absolute Gasteiger partial charge is 0.442 e. The van der Waals surface area contributed by atoms with E-state index in [1.807, 2.05) is 22.6 Å². The molecule has 1 aliphatic heterocycles. The van der Waals surface area contributed by atoms with E-state index < -0.39 is 11.8 Å². The zero-order valence-electron chi connectivity index (χ0n) is 6.72. The Bertz CT molecular complexity index is 394. The highest BCUT2D eigenvalue weighted by molar-refractivity contribution is 14.1. The molecule has 2 nitrogen and oxygen atoms in total. The first kappa shape index (κ1) is 9.88. The zero-order valence-corrected chi connectivity index (χ0v) is 8.87. The average molecular weight is 312 g/mol. The second-order valence-electron chi connectivity index (χ2n) is 2.85. The van der Waals surface area contributed by atoms with Crippen molar-refractivity contribution in [2.45, 2.75) is 11.8 Å². The van der Waals surface area contributed by atoms with Crippen molar-refractivity contribution in [3.8, 4) is 0 Å². The van der Waals surface area contributed by atoms with Crippen LogP contribution in [0.15, 0.2) is 34.5 Å². The molecule has 0 aromatic heterocycles. The van der Waals surface area contributed by atoms with Crippen molar-refractivity contribution in [2.24, 2.45) is 10.2 Å². The van der Waals surface area contributed by atoms with Crippen molar-refractivity contribution in [1.82, 2.24) is 0 Å². The van der Waals surface area contributed by atoms with Crippen LogP contribution in [0, 0.1) is 3.57 Å². The second-order valence-corrected chi connectivity index (χ2v) is 4.01. The molecule has 2 rings (SSSR count). The molecule has 0 unspecified atom stereocenters. The van der Waals surface area contributed by atoms with Crippen molar-refractivity contribution in [3.05, 3.63) is 33.4 Å². The Hall–Kier alpha value is -0.660. The maximum atomic E-state index is 12.6. The molecule has 0 radical (unpaired) electrons. The second kappa shape index (κ2) is 2.91. The molecule has 0 N–H and O–H groups in total. The first-order chi connectivity index (χ1) is 6.47. The quantitative estimate of drug-likeness (QED) is 0.710. The minimum Gasteiger partial charge on any atom is -0.166 e. The molecular weight excluding hydrogens is 308 g/mol. The van der Waals surface area contributed by atoms with Gasteiger partial charge in [0.25, 0.3) is 0 Å². The van der Waals surface area contributed by atoms with Gasteiger partial charge in [0.05, 0.1) is 0 Å². The highest BCUT2D eigenvalue weighted by atomic mass is 127. The SMILES string of the molecule is FC(F)(F)C1(c2ccccc2I)N=N1. The predicted octanol–water partition coefficient (Wildman–Crippen LogP) is 3.47. The molecule has 1 aliphatic rings. The monoisotopic (exact) mass is 312 g/mol. The van der Waals surface area contributed by atoms with Crippen LogP contribution < -0.4 is 0 Å². The number of halogens is 4. The van der Waals surface area contributed by atoms with Gasteiger partial charge in [0, 0.05) is 9.13 Å². The summed E-state index contributed by atoms with van der Waals surface area (Å²) < 4.78 is 38.2. The number of benzene rings is 1. The Morgan fingerprint density at radius 3 is 2.14 bits per heavy atom. The number of alkyl halides is 3. The van der Waals surface area contributed by atoms with Gasteiger partial charge in [-0.1, -0.05) is 18.2 Å². The molecule has 1 heterocycles. The van der Waals surface area contributed by atoms with E-state index in [1.54, 1.807) is 18.2 Å². The molecule has 0 aliphatic carbocycles. The van der Waals surface area contributed by atoms with Crippen LogP contribution >= 0.6 is 22.6 Å². The van der Waals surface area contributed by atoms with Crippen LogP contribution in [0.25, 0.3) is 0 Å². The van der Waals surface area contributed by atoms with Crippen LogP contribution in [-0.2, 0) is 5.66 Å². The predicted molar refractivity (Wildman–Crippen MR) is 51.7 cm³/mol. The topological polar surface area (TPSA) is 24.7 Å². The van der Waals surface area contributed by atoms with Crippen LogP contribution in [0.4, 0.5) is 13.2 Å². The van der Waals surface area contributed by atoms with Crippen LogP contribution in [0.2, 0.25) is 0 Å². The average Bonchev–Trinajstić information content (AvgIpc) is 2.84. The molecule has 6 heteroatoms. The molecule has 74 valence electrons. The van der Waals surface area contributed by atoms with Gasteiger partial charge in [0.2, 0.25) is 0 Å². The molecule has 0 amide bonds. The Kier molecular flexibility index (Phi) is 2.06.